The molecular formula is C25H29N3O4. The minimum Gasteiger partial charge on any atom is -0.493 e. The number of nitrogens with zero attached hydrogens (tertiary/aromatic N) is 3. The molecule has 7 heteroatoms. The van der Waals surface area contributed by atoms with Crippen LogP contribution in [-0.4, -0.2) is 35.8 Å². The predicted molar refractivity (Wildman–Crippen MR) is 122 cm³/mol. The number of hydrogen-bond donors (Lipinski definition) is 0. The van der Waals surface area contributed by atoms with Crippen LogP contribution in [0.5, 0.6) is 11.5 Å². The smallest absolute Gasteiger partial charge is 0.232 e. The first-order valence-corrected chi connectivity index (χ1v) is 10.9. The first-order valence-electron chi connectivity index (χ1n) is 10.9. The lowest BCUT2D eigenvalue weighted by Crippen LogP contribution is -2.24. The molecule has 0 spiro atoms. The highest BCUT2D eigenvalue weighted by molar-refractivity contribution is 5.96. The second kappa shape index (κ2) is 9.02. The van der Waals surface area contributed by atoms with Crippen LogP contribution in [0.2, 0.25) is 0 Å². The van der Waals surface area contributed by atoms with Crippen molar-refractivity contribution in [1.82, 2.24) is 10.1 Å². The van der Waals surface area contributed by atoms with E-state index in [0.717, 1.165) is 11.3 Å². The fourth-order valence-electron chi connectivity index (χ4n) is 3.84. The Morgan fingerprint density at radius 2 is 1.81 bits per heavy atom. The van der Waals surface area contributed by atoms with Crippen molar-refractivity contribution < 1.29 is 18.8 Å². The predicted octanol–water partition coefficient (Wildman–Crippen LogP) is 5.18. The molecule has 3 aromatic rings. The van der Waals surface area contributed by atoms with Crippen molar-refractivity contribution in [3.8, 4) is 22.9 Å². The molecule has 0 radical (unpaired) electrons. The van der Waals surface area contributed by atoms with Crippen LogP contribution in [0, 0.1) is 0 Å². The fraction of sp³-hybridized carbons (Fsp3) is 0.400. The van der Waals surface area contributed by atoms with Crippen LogP contribution in [0.1, 0.15) is 57.4 Å². The summed E-state index contributed by atoms with van der Waals surface area (Å²) in [4.78, 5) is 19.0. The molecule has 1 saturated heterocycles. The van der Waals surface area contributed by atoms with Crippen molar-refractivity contribution in [2.24, 2.45) is 0 Å². The Kier molecular flexibility index (Phi) is 6.17. The number of carbonyl (C=O) groups excluding carboxylic acids is 1. The Morgan fingerprint density at radius 3 is 2.47 bits per heavy atom. The molecule has 1 aliphatic heterocycles. The van der Waals surface area contributed by atoms with Gasteiger partial charge in [0.25, 0.3) is 0 Å². The maximum atomic E-state index is 12.7. The van der Waals surface area contributed by atoms with Crippen molar-refractivity contribution in [2.45, 2.75) is 52.1 Å². The zero-order valence-electron chi connectivity index (χ0n) is 19.2. The summed E-state index contributed by atoms with van der Waals surface area (Å²) < 4.78 is 16.8. The van der Waals surface area contributed by atoms with Gasteiger partial charge in [-0.15, -0.1) is 0 Å². The molecule has 1 aliphatic rings. The number of hydrogen-bond acceptors (Lipinski definition) is 6. The minimum atomic E-state index is -0.140. The van der Waals surface area contributed by atoms with E-state index in [1.807, 2.05) is 44.2 Å². The highest BCUT2D eigenvalue weighted by Gasteiger charge is 2.35. The second-order valence-electron chi connectivity index (χ2n) is 8.64. The topological polar surface area (TPSA) is 77.7 Å². The molecule has 32 heavy (non-hydrogen) atoms. The van der Waals surface area contributed by atoms with Gasteiger partial charge in [0, 0.05) is 24.2 Å². The van der Waals surface area contributed by atoms with Gasteiger partial charge >= 0.3 is 0 Å². The molecule has 0 saturated carbocycles. The van der Waals surface area contributed by atoms with Gasteiger partial charge in [0.2, 0.25) is 17.6 Å². The van der Waals surface area contributed by atoms with Crippen LogP contribution >= 0.6 is 0 Å². The Labute approximate surface area is 188 Å². The van der Waals surface area contributed by atoms with E-state index in [2.05, 4.69) is 36.1 Å². The number of methoxy groups -OCH3 is 1. The van der Waals surface area contributed by atoms with Gasteiger partial charge in [0.05, 0.1) is 19.1 Å². The lowest BCUT2D eigenvalue weighted by Gasteiger charge is -2.17. The molecule has 1 aromatic heterocycles. The number of anilines is 1. The molecule has 4 rings (SSSR count). The van der Waals surface area contributed by atoms with Gasteiger partial charge in [-0.2, -0.15) is 4.98 Å². The molecule has 0 N–H and O–H groups in total. The van der Waals surface area contributed by atoms with E-state index >= 15 is 0 Å². The number of aromatic nitrogens is 2. The molecule has 1 unspecified atom stereocenters. The number of carbonyl (C=O) groups is 1. The third kappa shape index (κ3) is 4.47. The Morgan fingerprint density at radius 1 is 1.06 bits per heavy atom. The zero-order chi connectivity index (χ0) is 22.8. The molecule has 0 bridgehead atoms. The highest BCUT2D eigenvalue weighted by atomic mass is 16.5. The van der Waals surface area contributed by atoms with Crippen LogP contribution in [0.4, 0.5) is 5.69 Å². The number of ether oxygens (including phenoxy) is 2. The molecule has 168 valence electrons. The van der Waals surface area contributed by atoms with Gasteiger partial charge in [-0.3, -0.25) is 4.79 Å². The normalized spacial score (nSPS) is 16.3. The van der Waals surface area contributed by atoms with Crippen molar-refractivity contribution >= 4 is 11.6 Å². The molecule has 2 heterocycles. The van der Waals surface area contributed by atoms with Crippen molar-refractivity contribution in [3.05, 3.63) is 53.9 Å². The lowest BCUT2D eigenvalue weighted by atomic mass is 10.0. The van der Waals surface area contributed by atoms with Gasteiger partial charge in [-0.1, -0.05) is 31.1 Å². The van der Waals surface area contributed by atoms with E-state index < -0.39 is 0 Å². The number of amides is 1. The maximum absolute atomic E-state index is 12.7. The van der Waals surface area contributed by atoms with E-state index in [0.29, 0.717) is 42.1 Å². The van der Waals surface area contributed by atoms with Crippen LogP contribution < -0.4 is 14.4 Å². The Hall–Kier alpha value is -3.35. The second-order valence-corrected chi connectivity index (χ2v) is 8.64. The van der Waals surface area contributed by atoms with Gasteiger partial charge in [-0.25, -0.2) is 0 Å². The van der Waals surface area contributed by atoms with Gasteiger partial charge in [-0.05, 0) is 55.7 Å². The summed E-state index contributed by atoms with van der Waals surface area (Å²) >= 11 is 0. The number of rotatable bonds is 7. The average molecular weight is 436 g/mol. The Balaban J connectivity index is 1.51. The average Bonchev–Trinajstić information content (AvgIpc) is 3.41. The van der Waals surface area contributed by atoms with Crippen molar-refractivity contribution in [1.29, 1.82) is 0 Å². The molecule has 0 aliphatic carbocycles. The molecule has 1 atom stereocenters. The van der Waals surface area contributed by atoms with Crippen molar-refractivity contribution in [2.75, 3.05) is 18.6 Å². The Bertz CT molecular complexity index is 1090. The summed E-state index contributed by atoms with van der Waals surface area (Å²) in [6, 6.07) is 13.7. The van der Waals surface area contributed by atoms with Crippen LogP contribution in [0.15, 0.2) is 47.0 Å². The summed E-state index contributed by atoms with van der Waals surface area (Å²) in [6.45, 7) is 8.75. The van der Waals surface area contributed by atoms with E-state index in [9.17, 15) is 4.79 Å². The standard InChI is InChI=1S/C25H29N3O4/c1-15(2)17-6-9-20(10-7-17)28-14-19(13-23(28)29)25-26-24(27-32-25)18-8-11-21(31-16(3)4)22(12-18)30-5/h6-12,15-16,19H,13-14H2,1-5H3. The van der Waals surface area contributed by atoms with Crippen molar-refractivity contribution in [3.63, 3.8) is 0 Å². The molecule has 1 fully saturated rings. The monoisotopic (exact) mass is 435 g/mol. The molecule has 2 aromatic carbocycles. The number of benzene rings is 2. The summed E-state index contributed by atoms with van der Waals surface area (Å²) in [5, 5.41) is 4.14. The fourth-order valence-corrected chi connectivity index (χ4v) is 3.84. The highest BCUT2D eigenvalue weighted by Crippen LogP contribution is 2.35. The minimum absolute atomic E-state index is 0.0379. The SMILES string of the molecule is COc1cc(-c2noc(C3CC(=O)N(c4ccc(C(C)C)cc4)C3)n2)ccc1OC(C)C. The molecular weight excluding hydrogens is 406 g/mol. The lowest BCUT2D eigenvalue weighted by molar-refractivity contribution is -0.117. The summed E-state index contributed by atoms with van der Waals surface area (Å²) in [5.41, 5.74) is 2.91. The molecule has 7 nitrogen and oxygen atoms in total. The van der Waals surface area contributed by atoms with Crippen LogP contribution in [0.3, 0.4) is 0 Å². The summed E-state index contributed by atoms with van der Waals surface area (Å²) in [5.74, 6) is 2.57. The molecule has 1 amide bonds. The van der Waals surface area contributed by atoms with Gasteiger partial charge < -0.3 is 18.9 Å². The first-order chi connectivity index (χ1) is 15.4. The largest absolute Gasteiger partial charge is 0.493 e. The van der Waals surface area contributed by atoms with E-state index in [1.54, 1.807) is 12.0 Å². The zero-order valence-corrected chi connectivity index (χ0v) is 19.2. The van der Waals surface area contributed by atoms with E-state index in [1.165, 1.54) is 5.56 Å². The van der Waals surface area contributed by atoms with Crippen LogP contribution in [-0.2, 0) is 4.79 Å². The van der Waals surface area contributed by atoms with E-state index in [-0.39, 0.29) is 17.9 Å². The van der Waals surface area contributed by atoms with Gasteiger partial charge in [0.1, 0.15) is 0 Å². The summed E-state index contributed by atoms with van der Waals surface area (Å²) in [6.07, 6.45) is 0.383. The van der Waals surface area contributed by atoms with E-state index in [4.69, 9.17) is 14.0 Å². The van der Waals surface area contributed by atoms with Crippen LogP contribution in [0.25, 0.3) is 11.4 Å². The third-order valence-corrected chi connectivity index (χ3v) is 5.57. The maximum Gasteiger partial charge on any atom is 0.232 e. The van der Waals surface area contributed by atoms with Gasteiger partial charge in [0.15, 0.2) is 11.5 Å². The summed E-state index contributed by atoms with van der Waals surface area (Å²) in [7, 11) is 1.60. The quantitative estimate of drug-likeness (QED) is 0.509. The third-order valence-electron chi connectivity index (χ3n) is 5.57. The first kappa shape index (κ1) is 21.9.